The number of halogens is 1. The number of aromatic nitrogens is 4. The van der Waals surface area contributed by atoms with Crippen molar-refractivity contribution >= 4 is 43.5 Å². The van der Waals surface area contributed by atoms with Crippen molar-refractivity contribution in [3.05, 3.63) is 58.6 Å². The van der Waals surface area contributed by atoms with Gasteiger partial charge in [-0.3, -0.25) is 9.48 Å². The second-order valence-corrected chi connectivity index (χ2v) is 8.00. The van der Waals surface area contributed by atoms with Gasteiger partial charge in [-0.15, -0.1) is 0 Å². The van der Waals surface area contributed by atoms with Crippen molar-refractivity contribution in [2.24, 2.45) is 7.05 Å². The van der Waals surface area contributed by atoms with E-state index in [0.29, 0.717) is 21.5 Å². The maximum atomic E-state index is 12.4. The monoisotopic (exact) mass is 450 g/mol. The van der Waals surface area contributed by atoms with E-state index in [1.54, 1.807) is 20.0 Å². The van der Waals surface area contributed by atoms with E-state index in [1.807, 2.05) is 0 Å². The van der Waals surface area contributed by atoms with Gasteiger partial charge in [0, 0.05) is 25.1 Å². The lowest BCUT2D eigenvalue weighted by atomic mass is 10.3. The summed E-state index contributed by atoms with van der Waals surface area (Å²) in [5, 5.41) is 6.88. The number of hydrogen-bond acceptors (Lipinski definition) is 6. The third-order valence-electron chi connectivity index (χ3n) is 3.58. The van der Waals surface area contributed by atoms with Crippen LogP contribution in [0.3, 0.4) is 0 Å². The van der Waals surface area contributed by atoms with Crippen LogP contribution in [0.1, 0.15) is 16.2 Å². The number of nitrogens with zero attached hydrogens (tertiary/aromatic N) is 4. The van der Waals surface area contributed by atoms with E-state index in [2.05, 4.69) is 41.0 Å². The van der Waals surface area contributed by atoms with E-state index in [9.17, 15) is 13.2 Å². The standard InChI is InChI=1S/C16H15BrN6O3S/c1-10-13(17)14(23(2)21-10)15(24)20-11-4-6-12(7-5-11)27(25,26)22-16-18-8-3-9-19-16/h3-9H,1-2H3,(H,20,24)(H,18,19,22). The Morgan fingerprint density at radius 1 is 1.15 bits per heavy atom. The second-order valence-electron chi connectivity index (χ2n) is 5.53. The molecular weight excluding hydrogens is 436 g/mol. The molecule has 3 aromatic rings. The molecule has 1 amide bonds. The van der Waals surface area contributed by atoms with Crippen molar-refractivity contribution in [3.63, 3.8) is 0 Å². The molecule has 0 aliphatic carbocycles. The predicted molar refractivity (Wildman–Crippen MR) is 103 cm³/mol. The van der Waals surface area contributed by atoms with Crippen LogP contribution >= 0.6 is 15.9 Å². The summed E-state index contributed by atoms with van der Waals surface area (Å²) in [4.78, 5) is 20.1. The van der Waals surface area contributed by atoms with Crippen LogP contribution in [0.4, 0.5) is 11.6 Å². The minimum atomic E-state index is -3.83. The maximum absolute atomic E-state index is 12.4. The van der Waals surface area contributed by atoms with Gasteiger partial charge in [-0.1, -0.05) is 0 Å². The summed E-state index contributed by atoms with van der Waals surface area (Å²) in [5.74, 6) is -0.386. The SMILES string of the molecule is Cc1nn(C)c(C(=O)Nc2ccc(S(=O)(=O)Nc3ncccn3)cc2)c1Br. The van der Waals surface area contributed by atoms with Gasteiger partial charge < -0.3 is 5.32 Å². The van der Waals surface area contributed by atoms with Crippen molar-refractivity contribution < 1.29 is 13.2 Å². The highest BCUT2D eigenvalue weighted by molar-refractivity contribution is 9.10. The van der Waals surface area contributed by atoms with E-state index in [4.69, 9.17) is 0 Å². The normalized spacial score (nSPS) is 11.2. The Hall–Kier alpha value is -2.79. The lowest BCUT2D eigenvalue weighted by molar-refractivity contribution is 0.101. The van der Waals surface area contributed by atoms with Crippen molar-refractivity contribution in [1.82, 2.24) is 19.7 Å². The van der Waals surface area contributed by atoms with Gasteiger partial charge in [0.25, 0.3) is 15.9 Å². The Balaban J connectivity index is 1.76. The Morgan fingerprint density at radius 2 is 1.78 bits per heavy atom. The molecule has 0 saturated heterocycles. The smallest absolute Gasteiger partial charge is 0.275 e. The highest BCUT2D eigenvalue weighted by Crippen LogP contribution is 2.22. The summed E-state index contributed by atoms with van der Waals surface area (Å²) >= 11 is 3.34. The molecule has 0 aliphatic rings. The first-order valence-electron chi connectivity index (χ1n) is 7.68. The van der Waals surface area contributed by atoms with Crippen molar-refractivity contribution in [2.45, 2.75) is 11.8 Å². The van der Waals surface area contributed by atoms with Crippen LogP contribution in [0, 0.1) is 6.92 Å². The predicted octanol–water partition coefficient (Wildman–Crippen LogP) is 2.33. The van der Waals surface area contributed by atoms with E-state index >= 15 is 0 Å². The van der Waals surface area contributed by atoms with Crippen LogP contribution in [0.2, 0.25) is 0 Å². The quantitative estimate of drug-likeness (QED) is 0.615. The Morgan fingerprint density at radius 3 is 2.33 bits per heavy atom. The molecule has 2 N–H and O–H groups in total. The lowest BCUT2D eigenvalue weighted by Gasteiger charge is -2.09. The molecule has 0 spiro atoms. The second kappa shape index (κ2) is 7.45. The summed E-state index contributed by atoms with van der Waals surface area (Å²) in [6.07, 6.45) is 2.86. The summed E-state index contributed by atoms with van der Waals surface area (Å²) in [5.41, 5.74) is 1.51. The molecule has 27 heavy (non-hydrogen) atoms. The number of nitrogens with one attached hydrogen (secondary N) is 2. The van der Waals surface area contributed by atoms with Crippen molar-refractivity contribution in [2.75, 3.05) is 10.0 Å². The summed E-state index contributed by atoms with van der Waals surface area (Å²) in [6.45, 7) is 1.78. The molecular formula is C16H15BrN6O3S. The third kappa shape index (κ3) is 4.14. The first-order chi connectivity index (χ1) is 12.8. The van der Waals surface area contributed by atoms with Gasteiger partial charge in [-0.05, 0) is 53.2 Å². The average Bonchev–Trinajstić information content (AvgIpc) is 2.88. The number of carbonyl (C=O) groups is 1. The van der Waals surface area contributed by atoms with Gasteiger partial charge >= 0.3 is 0 Å². The number of aryl methyl sites for hydroxylation is 2. The fraction of sp³-hybridized carbons (Fsp3) is 0.125. The fourth-order valence-electron chi connectivity index (χ4n) is 2.32. The van der Waals surface area contributed by atoms with E-state index in [0.717, 1.165) is 0 Å². The largest absolute Gasteiger partial charge is 0.321 e. The number of amides is 1. The zero-order chi connectivity index (χ0) is 19.6. The number of rotatable bonds is 5. The van der Waals surface area contributed by atoms with Crippen LogP contribution < -0.4 is 10.0 Å². The summed E-state index contributed by atoms with van der Waals surface area (Å²) in [7, 11) is -2.16. The topological polar surface area (TPSA) is 119 Å². The fourth-order valence-corrected chi connectivity index (χ4v) is 3.79. The van der Waals surface area contributed by atoms with Gasteiger partial charge in [0.2, 0.25) is 5.95 Å². The van der Waals surface area contributed by atoms with Crippen LogP contribution in [0.15, 0.2) is 52.1 Å². The molecule has 9 nitrogen and oxygen atoms in total. The van der Waals surface area contributed by atoms with Gasteiger partial charge in [0.15, 0.2) is 0 Å². The van der Waals surface area contributed by atoms with Crippen LogP contribution in [-0.4, -0.2) is 34.1 Å². The number of anilines is 2. The van der Waals surface area contributed by atoms with Crippen LogP contribution in [0.25, 0.3) is 0 Å². The van der Waals surface area contributed by atoms with Gasteiger partial charge in [-0.2, -0.15) is 5.10 Å². The molecule has 0 radical (unpaired) electrons. The molecule has 0 unspecified atom stereocenters. The highest BCUT2D eigenvalue weighted by Gasteiger charge is 2.19. The minimum absolute atomic E-state index is 0.0190. The molecule has 0 fully saturated rings. The zero-order valence-corrected chi connectivity index (χ0v) is 16.7. The van der Waals surface area contributed by atoms with Gasteiger partial charge in [-0.25, -0.2) is 23.1 Å². The van der Waals surface area contributed by atoms with E-state index in [-0.39, 0.29) is 16.8 Å². The van der Waals surface area contributed by atoms with E-state index < -0.39 is 10.0 Å². The Bertz CT molecular complexity index is 1080. The number of hydrogen-bond donors (Lipinski definition) is 2. The lowest BCUT2D eigenvalue weighted by Crippen LogP contribution is -2.17. The average molecular weight is 451 g/mol. The molecule has 0 aliphatic heterocycles. The first-order valence-corrected chi connectivity index (χ1v) is 9.96. The molecule has 11 heteroatoms. The molecule has 1 aromatic carbocycles. The Kier molecular flexibility index (Phi) is 5.24. The van der Waals surface area contributed by atoms with Crippen molar-refractivity contribution in [1.29, 1.82) is 0 Å². The summed E-state index contributed by atoms with van der Waals surface area (Å²) < 4.78 is 29.1. The molecule has 0 bridgehead atoms. The number of carbonyl (C=O) groups excluding carboxylic acids is 1. The molecule has 0 atom stereocenters. The van der Waals surface area contributed by atoms with Crippen LogP contribution in [0.5, 0.6) is 0 Å². The van der Waals surface area contributed by atoms with Gasteiger partial charge in [0.1, 0.15) is 5.69 Å². The summed E-state index contributed by atoms with van der Waals surface area (Å²) in [6, 6.07) is 7.33. The zero-order valence-electron chi connectivity index (χ0n) is 14.3. The maximum Gasteiger partial charge on any atom is 0.275 e. The first kappa shape index (κ1) is 19.0. The Labute approximate surface area is 164 Å². The van der Waals surface area contributed by atoms with E-state index in [1.165, 1.54) is 41.3 Å². The third-order valence-corrected chi connectivity index (χ3v) is 5.87. The molecule has 3 rings (SSSR count). The molecule has 0 saturated carbocycles. The minimum Gasteiger partial charge on any atom is -0.321 e. The van der Waals surface area contributed by atoms with Gasteiger partial charge in [0.05, 0.1) is 15.1 Å². The number of sulfonamides is 1. The van der Waals surface area contributed by atoms with Crippen LogP contribution in [-0.2, 0) is 17.1 Å². The number of benzene rings is 1. The highest BCUT2D eigenvalue weighted by atomic mass is 79.9. The molecule has 2 aromatic heterocycles. The molecule has 2 heterocycles. The molecule has 140 valence electrons. The van der Waals surface area contributed by atoms with Crippen molar-refractivity contribution in [3.8, 4) is 0 Å².